The van der Waals surface area contributed by atoms with Gasteiger partial charge in [-0.3, -0.25) is 0 Å². The largest absolute Gasteiger partial charge is 0.376 e. The van der Waals surface area contributed by atoms with Crippen molar-refractivity contribution in [1.29, 1.82) is 0 Å². The summed E-state index contributed by atoms with van der Waals surface area (Å²) in [4.78, 5) is 4.67. The molecule has 0 spiro atoms. The number of nitrogens with zero attached hydrogens (tertiary/aromatic N) is 3. The summed E-state index contributed by atoms with van der Waals surface area (Å²) in [5.41, 5.74) is 4.40. The summed E-state index contributed by atoms with van der Waals surface area (Å²) < 4.78 is 20.8. The number of fused-ring (bicyclic) bond motifs is 1. The number of hydrogen-bond donors (Lipinski definition) is 1. The van der Waals surface area contributed by atoms with Crippen LogP contribution in [0.25, 0.3) is 16.8 Å². The fourth-order valence-electron chi connectivity index (χ4n) is 3.35. The van der Waals surface area contributed by atoms with Crippen molar-refractivity contribution in [3.05, 3.63) is 47.5 Å². The van der Waals surface area contributed by atoms with Crippen LogP contribution in [0.3, 0.4) is 0 Å². The average Bonchev–Trinajstić information content (AvgIpc) is 3.21. The maximum Gasteiger partial charge on any atom is 0.165 e. The second-order valence-corrected chi connectivity index (χ2v) is 6.50. The predicted octanol–water partition coefficient (Wildman–Crippen LogP) is 3.74. The van der Waals surface area contributed by atoms with E-state index in [9.17, 15) is 4.39 Å². The average molecular weight is 340 g/mol. The Labute approximate surface area is 145 Å². The van der Waals surface area contributed by atoms with E-state index in [4.69, 9.17) is 4.74 Å². The number of halogens is 1. The number of aryl methyl sites for hydroxylation is 2. The highest BCUT2D eigenvalue weighted by molar-refractivity contribution is 5.80. The molecule has 6 heteroatoms. The molecule has 1 aliphatic heterocycles. The van der Waals surface area contributed by atoms with E-state index in [1.165, 1.54) is 12.1 Å². The topological polar surface area (TPSA) is 51.5 Å². The Morgan fingerprint density at radius 3 is 2.80 bits per heavy atom. The van der Waals surface area contributed by atoms with Crippen molar-refractivity contribution >= 4 is 11.5 Å². The van der Waals surface area contributed by atoms with Crippen molar-refractivity contribution in [2.45, 2.75) is 32.8 Å². The van der Waals surface area contributed by atoms with E-state index in [0.29, 0.717) is 0 Å². The van der Waals surface area contributed by atoms with E-state index in [-0.39, 0.29) is 11.9 Å². The zero-order chi connectivity index (χ0) is 17.4. The Bertz CT molecular complexity index is 898. The summed E-state index contributed by atoms with van der Waals surface area (Å²) in [6, 6.07) is 8.45. The number of benzene rings is 1. The minimum Gasteiger partial charge on any atom is -0.376 e. The molecule has 0 saturated carbocycles. The fraction of sp³-hybridized carbons (Fsp3) is 0.368. The monoisotopic (exact) mass is 340 g/mol. The zero-order valence-corrected chi connectivity index (χ0v) is 14.4. The van der Waals surface area contributed by atoms with Gasteiger partial charge in [0.25, 0.3) is 0 Å². The Hall–Kier alpha value is -2.47. The third kappa shape index (κ3) is 3.09. The lowest BCUT2D eigenvalue weighted by molar-refractivity contribution is 0.120. The first-order valence-electron chi connectivity index (χ1n) is 8.60. The molecule has 0 bridgehead atoms. The maximum atomic E-state index is 13.3. The lowest BCUT2D eigenvalue weighted by Crippen LogP contribution is -2.20. The molecule has 1 aromatic carbocycles. The molecule has 1 unspecified atom stereocenters. The molecule has 1 aliphatic rings. The molecule has 25 heavy (non-hydrogen) atoms. The molecule has 1 saturated heterocycles. The summed E-state index contributed by atoms with van der Waals surface area (Å²) in [6.07, 6.45) is 2.45. The van der Waals surface area contributed by atoms with Crippen LogP contribution in [0.15, 0.2) is 30.3 Å². The number of anilines is 1. The van der Waals surface area contributed by atoms with Crippen LogP contribution in [-0.2, 0) is 4.74 Å². The van der Waals surface area contributed by atoms with E-state index in [0.717, 1.165) is 60.0 Å². The molecule has 5 nitrogen and oxygen atoms in total. The van der Waals surface area contributed by atoms with Gasteiger partial charge in [-0.2, -0.15) is 9.61 Å². The first-order valence-corrected chi connectivity index (χ1v) is 8.60. The van der Waals surface area contributed by atoms with Gasteiger partial charge < -0.3 is 10.1 Å². The smallest absolute Gasteiger partial charge is 0.165 e. The maximum absolute atomic E-state index is 13.3. The van der Waals surface area contributed by atoms with E-state index in [1.54, 1.807) is 12.1 Å². The highest BCUT2D eigenvalue weighted by Gasteiger charge is 2.18. The highest BCUT2D eigenvalue weighted by Crippen LogP contribution is 2.29. The van der Waals surface area contributed by atoms with Crippen LogP contribution in [0.2, 0.25) is 0 Å². The second-order valence-electron chi connectivity index (χ2n) is 6.50. The molecule has 1 N–H and O–H groups in total. The van der Waals surface area contributed by atoms with E-state index < -0.39 is 0 Å². The number of nitrogens with one attached hydrogen (secondary N) is 1. The number of rotatable bonds is 4. The standard InChI is InChI=1S/C19H21FN4O/c1-12-10-17(21-11-16-4-3-9-25-16)24-19(22-12)18(13(2)23-24)14-5-7-15(20)8-6-14/h5-8,10,16,21H,3-4,9,11H2,1-2H3. The van der Waals surface area contributed by atoms with Crippen molar-refractivity contribution in [1.82, 2.24) is 14.6 Å². The molecular formula is C19H21FN4O. The lowest BCUT2D eigenvalue weighted by atomic mass is 10.1. The molecule has 1 atom stereocenters. The van der Waals surface area contributed by atoms with Gasteiger partial charge in [0.05, 0.1) is 11.8 Å². The first kappa shape index (κ1) is 16.0. The van der Waals surface area contributed by atoms with Gasteiger partial charge in [-0.1, -0.05) is 12.1 Å². The Kier molecular flexibility index (Phi) is 4.13. The molecular weight excluding hydrogens is 319 g/mol. The predicted molar refractivity (Wildman–Crippen MR) is 95.3 cm³/mol. The van der Waals surface area contributed by atoms with Gasteiger partial charge in [0, 0.05) is 30.5 Å². The quantitative estimate of drug-likeness (QED) is 0.786. The summed E-state index contributed by atoms with van der Waals surface area (Å²) >= 11 is 0. The van der Waals surface area contributed by atoms with E-state index in [2.05, 4.69) is 15.4 Å². The van der Waals surface area contributed by atoms with Gasteiger partial charge in [-0.25, -0.2) is 9.37 Å². The molecule has 0 amide bonds. The van der Waals surface area contributed by atoms with Crippen LogP contribution in [0, 0.1) is 19.7 Å². The first-order chi connectivity index (χ1) is 12.1. The van der Waals surface area contributed by atoms with Crippen molar-refractivity contribution in [3.63, 3.8) is 0 Å². The van der Waals surface area contributed by atoms with Crippen molar-refractivity contribution in [3.8, 4) is 11.1 Å². The van der Waals surface area contributed by atoms with Gasteiger partial charge >= 0.3 is 0 Å². The minimum atomic E-state index is -0.249. The Morgan fingerprint density at radius 2 is 2.08 bits per heavy atom. The SMILES string of the molecule is Cc1cc(NCC2CCCO2)n2nc(C)c(-c3ccc(F)cc3)c2n1. The molecule has 2 aromatic heterocycles. The summed E-state index contributed by atoms with van der Waals surface area (Å²) in [5, 5.41) is 8.10. The Morgan fingerprint density at radius 1 is 1.28 bits per heavy atom. The normalized spacial score (nSPS) is 17.3. The van der Waals surface area contributed by atoms with Gasteiger partial charge in [-0.15, -0.1) is 0 Å². The third-order valence-electron chi connectivity index (χ3n) is 4.56. The van der Waals surface area contributed by atoms with E-state index in [1.807, 2.05) is 24.4 Å². The zero-order valence-electron chi connectivity index (χ0n) is 14.4. The molecule has 3 aromatic rings. The van der Waals surface area contributed by atoms with Gasteiger partial charge in [-0.05, 0) is 44.4 Å². The summed E-state index contributed by atoms with van der Waals surface area (Å²) in [7, 11) is 0. The molecule has 0 aliphatic carbocycles. The second kappa shape index (κ2) is 6.44. The van der Waals surface area contributed by atoms with Crippen molar-refractivity contribution < 1.29 is 9.13 Å². The molecule has 0 radical (unpaired) electrons. The summed E-state index contributed by atoms with van der Waals surface area (Å²) in [5.74, 6) is 0.649. The van der Waals surface area contributed by atoms with E-state index >= 15 is 0 Å². The van der Waals surface area contributed by atoms with Crippen molar-refractivity contribution in [2.75, 3.05) is 18.5 Å². The molecule has 130 valence electrons. The van der Waals surface area contributed by atoms with Crippen LogP contribution in [0.4, 0.5) is 10.2 Å². The van der Waals surface area contributed by atoms with Crippen LogP contribution in [0.5, 0.6) is 0 Å². The molecule has 4 rings (SSSR count). The van der Waals surface area contributed by atoms with Crippen LogP contribution in [0.1, 0.15) is 24.2 Å². The van der Waals surface area contributed by atoms with Gasteiger partial charge in [0.15, 0.2) is 5.65 Å². The lowest BCUT2D eigenvalue weighted by Gasteiger charge is -2.13. The minimum absolute atomic E-state index is 0.247. The molecule has 3 heterocycles. The van der Waals surface area contributed by atoms with Crippen LogP contribution < -0.4 is 5.32 Å². The number of hydrogen-bond acceptors (Lipinski definition) is 4. The number of ether oxygens (including phenoxy) is 1. The molecule has 1 fully saturated rings. The van der Waals surface area contributed by atoms with Gasteiger partial charge in [0.2, 0.25) is 0 Å². The third-order valence-corrected chi connectivity index (χ3v) is 4.56. The number of aromatic nitrogens is 3. The fourth-order valence-corrected chi connectivity index (χ4v) is 3.35. The Balaban J connectivity index is 1.75. The van der Waals surface area contributed by atoms with Crippen LogP contribution >= 0.6 is 0 Å². The summed E-state index contributed by atoms with van der Waals surface area (Å²) in [6.45, 7) is 5.51. The van der Waals surface area contributed by atoms with Gasteiger partial charge in [0.1, 0.15) is 11.6 Å². The van der Waals surface area contributed by atoms with Crippen LogP contribution in [-0.4, -0.2) is 33.9 Å². The highest BCUT2D eigenvalue weighted by atomic mass is 19.1. The van der Waals surface area contributed by atoms with Crippen molar-refractivity contribution in [2.24, 2.45) is 0 Å².